The molecule has 45 heavy (non-hydrogen) atoms. The molecule has 0 unspecified atom stereocenters. The topological polar surface area (TPSA) is 100 Å². The molecule has 3 heterocycles. The molecule has 0 atom stereocenters. The molecule has 1 saturated carbocycles. The van der Waals surface area contributed by atoms with Gasteiger partial charge in [-0.05, 0) is 78.8 Å². The molecule has 11 heteroatoms. The summed E-state index contributed by atoms with van der Waals surface area (Å²) in [7, 11) is 0. The number of carbonyl (C=O) groups is 2. The van der Waals surface area contributed by atoms with Crippen LogP contribution in [-0.2, 0) is 0 Å². The highest BCUT2D eigenvalue weighted by atomic mass is 19.4. The van der Waals surface area contributed by atoms with Crippen LogP contribution in [0.25, 0.3) is 33.5 Å². The van der Waals surface area contributed by atoms with Crippen molar-refractivity contribution in [1.29, 1.82) is 0 Å². The second-order valence-electron chi connectivity index (χ2n) is 11.3. The second kappa shape index (κ2) is 11.1. The van der Waals surface area contributed by atoms with Crippen LogP contribution in [0, 0.1) is 6.92 Å². The fourth-order valence-electron chi connectivity index (χ4n) is 5.80. The summed E-state index contributed by atoms with van der Waals surface area (Å²) in [5, 5.41) is 2.63. The molecule has 8 nitrogen and oxygen atoms in total. The SMILES string of the molecule is Cc1c(-c2ncnc3[nH]c(-c4ccc(C(=O)NCC(F)(F)F)cc4)cc23)cccc1N1CCOc2cc(C3CC3)ccc2C1=O. The van der Waals surface area contributed by atoms with E-state index in [0.29, 0.717) is 47.4 Å². The van der Waals surface area contributed by atoms with Gasteiger partial charge in [0.2, 0.25) is 0 Å². The van der Waals surface area contributed by atoms with Crippen LogP contribution in [0.1, 0.15) is 50.6 Å². The Morgan fingerprint density at radius 1 is 1.04 bits per heavy atom. The smallest absolute Gasteiger partial charge is 0.405 e. The first-order chi connectivity index (χ1) is 21.7. The Morgan fingerprint density at radius 3 is 2.60 bits per heavy atom. The van der Waals surface area contributed by atoms with Crippen LogP contribution >= 0.6 is 0 Å². The normalized spacial score (nSPS) is 15.0. The monoisotopic (exact) mass is 611 g/mol. The first-order valence-electron chi connectivity index (χ1n) is 14.6. The number of nitrogens with zero attached hydrogens (tertiary/aromatic N) is 3. The number of hydrogen-bond acceptors (Lipinski definition) is 5. The molecule has 0 radical (unpaired) electrons. The fraction of sp³-hybridized carbons (Fsp3) is 0.235. The van der Waals surface area contributed by atoms with Crippen molar-refractivity contribution in [2.45, 2.75) is 31.9 Å². The van der Waals surface area contributed by atoms with Crippen LogP contribution in [0.4, 0.5) is 18.9 Å². The summed E-state index contributed by atoms with van der Waals surface area (Å²) in [6.07, 6.45) is -0.679. The molecular weight excluding hydrogens is 583 g/mol. The van der Waals surface area contributed by atoms with Crippen molar-refractivity contribution in [1.82, 2.24) is 20.3 Å². The van der Waals surface area contributed by atoms with E-state index in [2.05, 4.69) is 15.0 Å². The molecule has 0 bridgehead atoms. The first-order valence-corrected chi connectivity index (χ1v) is 14.6. The maximum atomic E-state index is 13.8. The minimum Gasteiger partial charge on any atom is -0.491 e. The van der Waals surface area contributed by atoms with E-state index in [9.17, 15) is 22.8 Å². The Hall–Kier alpha value is -5.19. The predicted molar refractivity (Wildman–Crippen MR) is 163 cm³/mol. The van der Waals surface area contributed by atoms with E-state index in [1.807, 2.05) is 54.7 Å². The molecule has 5 aromatic rings. The van der Waals surface area contributed by atoms with Gasteiger partial charge in [-0.2, -0.15) is 13.2 Å². The zero-order valence-electron chi connectivity index (χ0n) is 24.2. The van der Waals surface area contributed by atoms with Gasteiger partial charge in [-0.3, -0.25) is 9.59 Å². The summed E-state index contributed by atoms with van der Waals surface area (Å²) in [4.78, 5) is 40.0. The maximum absolute atomic E-state index is 13.8. The Labute approximate surface area is 256 Å². The van der Waals surface area contributed by atoms with Crippen molar-refractivity contribution >= 4 is 28.5 Å². The third-order valence-corrected chi connectivity index (χ3v) is 8.29. The average molecular weight is 612 g/mol. The lowest BCUT2D eigenvalue weighted by Gasteiger charge is -2.23. The molecule has 228 valence electrons. The van der Waals surface area contributed by atoms with Crippen molar-refractivity contribution in [2.75, 3.05) is 24.6 Å². The highest BCUT2D eigenvalue weighted by molar-refractivity contribution is 6.09. The number of amides is 2. The highest BCUT2D eigenvalue weighted by Gasteiger charge is 2.30. The number of ether oxygens (including phenoxy) is 1. The number of benzene rings is 3. The fourth-order valence-corrected chi connectivity index (χ4v) is 5.80. The van der Waals surface area contributed by atoms with Crippen LogP contribution in [0.15, 0.2) is 73.1 Å². The predicted octanol–water partition coefficient (Wildman–Crippen LogP) is 6.81. The third-order valence-electron chi connectivity index (χ3n) is 8.29. The van der Waals surface area contributed by atoms with Gasteiger partial charge in [0, 0.05) is 27.9 Å². The molecule has 1 fully saturated rings. The van der Waals surface area contributed by atoms with Crippen LogP contribution in [0.3, 0.4) is 0 Å². The maximum Gasteiger partial charge on any atom is 0.405 e. The second-order valence-corrected chi connectivity index (χ2v) is 11.3. The Kier molecular flexibility index (Phi) is 7.03. The molecule has 2 N–H and O–H groups in total. The number of nitrogens with one attached hydrogen (secondary N) is 2. The number of hydrogen-bond donors (Lipinski definition) is 2. The van der Waals surface area contributed by atoms with Gasteiger partial charge in [-0.25, -0.2) is 9.97 Å². The Bertz CT molecular complexity index is 1950. The number of carbonyl (C=O) groups excluding carboxylic acids is 2. The van der Waals surface area contributed by atoms with Crippen LogP contribution < -0.4 is 15.0 Å². The summed E-state index contributed by atoms with van der Waals surface area (Å²) < 4.78 is 43.5. The molecule has 0 saturated heterocycles. The zero-order valence-corrected chi connectivity index (χ0v) is 24.2. The zero-order chi connectivity index (χ0) is 31.3. The van der Waals surface area contributed by atoms with E-state index in [1.54, 1.807) is 17.0 Å². The molecule has 2 amide bonds. The number of alkyl halides is 3. The van der Waals surface area contributed by atoms with Gasteiger partial charge in [0.05, 0.1) is 17.8 Å². The molecule has 2 aliphatic rings. The van der Waals surface area contributed by atoms with Crippen LogP contribution in [0.5, 0.6) is 5.75 Å². The van der Waals surface area contributed by atoms with Crippen LogP contribution in [-0.4, -0.2) is 52.6 Å². The number of anilines is 1. The van der Waals surface area contributed by atoms with Gasteiger partial charge in [0.15, 0.2) is 0 Å². The van der Waals surface area contributed by atoms with Crippen molar-refractivity contribution in [3.63, 3.8) is 0 Å². The number of fused-ring (bicyclic) bond motifs is 2. The van der Waals surface area contributed by atoms with Gasteiger partial charge in [0.1, 0.15) is 30.9 Å². The minimum absolute atomic E-state index is 0.114. The summed E-state index contributed by atoms with van der Waals surface area (Å²) in [6.45, 7) is 1.34. The van der Waals surface area contributed by atoms with Crippen molar-refractivity contribution in [3.05, 3.63) is 95.3 Å². The van der Waals surface area contributed by atoms with Gasteiger partial charge >= 0.3 is 6.18 Å². The summed E-state index contributed by atoms with van der Waals surface area (Å²) >= 11 is 0. The van der Waals surface area contributed by atoms with E-state index in [1.165, 1.54) is 36.9 Å². The first kappa shape index (κ1) is 28.6. The highest BCUT2D eigenvalue weighted by Crippen LogP contribution is 2.42. The van der Waals surface area contributed by atoms with Crippen molar-refractivity contribution in [2.24, 2.45) is 0 Å². The van der Waals surface area contributed by atoms with Gasteiger partial charge in [0.25, 0.3) is 11.8 Å². The number of halogens is 3. The summed E-state index contributed by atoms with van der Waals surface area (Å²) in [5.74, 6) is 0.272. The molecule has 1 aliphatic carbocycles. The van der Waals surface area contributed by atoms with Gasteiger partial charge < -0.3 is 19.9 Å². The quantitative estimate of drug-likeness (QED) is 0.220. The lowest BCUT2D eigenvalue weighted by atomic mass is 10.00. The lowest BCUT2D eigenvalue weighted by molar-refractivity contribution is -0.123. The molecule has 0 spiro atoms. The number of rotatable bonds is 6. The van der Waals surface area contributed by atoms with Crippen molar-refractivity contribution in [3.8, 4) is 28.3 Å². The number of aromatic nitrogens is 3. The van der Waals surface area contributed by atoms with E-state index < -0.39 is 18.6 Å². The van der Waals surface area contributed by atoms with Gasteiger partial charge in [-0.1, -0.05) is 30.3 Å². The average Bonchev–Trinajstić information content (AvgIpc) is 3.81. The van der Waals surface area contributed by atoms with E-state index in [-0.39, 0.29) is 11.5 Å². The summed E-state index contributed by atoms with van der Waals surface area (Å²) in [6, 6.07) is 19.8. The third kappa shape index (κ3) is 5.61. The van der Waals surface area contributed by atoms with Crippen molar-refractivity contribution < 1.29 is 27.5 Å². The molecular formula is C34H28F3N5O3. The van der Waals surface area contributed by atoms with E-state index >= 15 is 0 Å². The molecule has 1 aliphatic heterocycles. The number of H-pyrrole nitrogens is 1. The standard InChI is InChI=1S/C34H28F3N5O3/c1-19-24(3-2-4-28(19)42-13-14-45-29-15-23(20-5-6-20)11-12-25(29)33(42)44)30-26-16-27(41-31(26)40-18-39-30)21-7-9-22(10-8-21)32(43)38-17-34(35,36)37/h2-4,7-12,15-16,18,20H,5-6,13-14,17H2,1H3,(H,38,43)(H,39,40,41). The van der Waals surface area contributed by atoms with Gasteiger partial charge in [-0.15, -0.1) is 0 Å². The Balaban J connectivity index is 1.18. The number of aromatic amines is 1. The van der Waals surface area contributed by atoms with E-state index in [4.69, 9.17) is 4.74 Å². The van der Waals surface area contributed by atoms with Crippen LogP contribution in [0.2, 0.25) is 0 Å². The molecule has 2 aromatic heterocycles. The molecule has 7 rings (SSSR count). The van der Waals surface area contributed by atoms with E-state index in [0.717, 1.165) is 27.8 Å². The lowest BCUT2D eigenvalue weighted by Crippen LogP contribution is -2.33. The minimum atomic E-state index is -4.49. The molecule has 3 aromatic carbocycles. The Morgan fingerprint density at radius 2 is 1.84 bits per heavy atom. The summed E-state index contributed by atoms with van der Waals surface area (Å²) in [5.41, 5.74) is 7.04. The largest absolute Gasteiger partial charge is 0.491 e.